The second-order valence-electron chi connectivity index (χ2n) is 7.18. The van der Waals surface area contributed by atoms with E-state index in [1.807, 2.05) is 31.2 Å². The zero-order valence-corrected chi connectivity index (χ0v) is 15.5. The van der Waals surface area contributed by atoms with Crippen molar-refractivity contribution in [2.75, 3.05) is 19.8 Å². The number of nitrogens with one attached hydrogen (secondary N) is 2. The van der Waals surface area contributed by atoms with Crippen molar-refractivity contribution in [2.45, 2.75) is 25.2 Å². The Bertz CT molecular complexity index is 1060. The summed E-state index contributed by atoms with van der Waals surface area (Å²) in [6.45, 7) is 3.77. The molecule has 2 aliphatic rings. The third kappa shape index (κ3) is 2.96. The van der Waals surface area contributed by atoms with Crippen molar-refractivity contribution >= 4 is 17.2 Å². The van der Waals surface area contributed by atoms with Crippen LogP contribution in [0.3, 0.4) is 0 Å². The summed E-state index contributed by atoms with van der Waals surface area (Å²) in [6.07, 6.45) is 2.57. The number of H-pyrrole nitrogens is 1. The SMILES string of the molecule is CCOc1ccc2c(c1)CC(c1nc3cc(C4C=NNC4)cc(F)c3[nH]1)CO2. The summed E-state index contributed by atoms with van der Waals surface area (Å²) >= 11 is 0. The summed E-state index contributed by atoms with van der Waals surface area (Å²) in [5, 5.41) is 4.02. The molecular formula is C21H21FN4O2. The summed E-state index contributed by atoms with van der Waals surface area (Å²) in [6, 6.07) is 9.38. The molecule has 2 N–H and O–H groups in total. The summed E-state index contributed by atoms with van der Waals surface area (Å²) < 4.78 is 26.2. The normalized spacial score (nSPS) is 20.6. The van der Waals surface area contributed by atoms with Gasteiger partial charge >= 0.3 is 0 Å². The highest BCUT2D eigenvalue weighted by Gasteiger charge is 2.26. The van der Waals surface area contributed by atoms with E-state index in [2.05, 4.69) is 20.5 Å². The lowest BCUT2D eigenvalue weighted by molar-refractivity contribution is 0.257. The minimum atomic E-state index is -0.290. The molecule has 7 heteroatoms. The van der Waals surface area contributed by atoms with Crippen LogP contribution in [0.5, 0.6) is 11.5 Å². The topological polar surface area (TPSA) is 71.5 Å². The first-order chi connectivity index (χ1) is 13.7. The summed E-state index contributed by atoms with van der Waals surface area (Å²) in [5.41, 5.74) is 5.95. The van der Waals surface area contributed by atoms with Gasteiger partial charge in [-0.2, -0.15) is 5.10 Å². The molecule has 2 atom stereocenters. The molecule has 0 radical (unpaired) electrons. The van der Waals surface area contributed by atoms with E-state index in [9.17, 15) is 4.39 Å². The Balaban J connectivity index is 1.45. The van der Waals surface area contributed by atoms with Gasteiger partial charge in [-0.3, -0.25) is 0 Å². The average Bonchev–Trinajstić information content (AvgIpc) is 3.38. The lowest BCUT2D eigenvalue weighted by Gasteiger charge is -2.24. The molecule has 144 valence electrons. The van der Waals surface area contributed by atoms with Crippen LogP contribution in [0.1, 0.15) is 35.7 Å². The second kappa shape index (κ2) is 6.82. The molecule has 3 aromatic rings. The van der Waals surface area contributed by atoms with E-state index in [1.54, 1.807) is 12.3 Å². The molecular weight excluding hydrogens is 359 g/mol. The Kier molecular flexibility index (Phi) is 4.15. The Hall–Kier alpha value is -3.09. The summed E-state index contributed by atoms with van der Waals surface area (Å²) in [5.74, 6) is 2.27. The fraction of sp³-hybridized carbons (Fsp3) is 0.333. The lowest BCUT2D eigenvalue weighted by atomic mass is 9.96. The molecule has 5 rings (SSSR count). The smallest absolute Gasteiger partial charge is 0.149 e. The summed E-state index contributed by atoms with van der Waals surface area (Å²) in [7, 11) is 0. The van der Waals surface area contributed by atoms with Gasteiger partial charge in [0.2, 0.25) is 0 Å². The van der Waals surface area contributed by atoms with Crippen LogP contribution in [0.2, 0.25) is 0 Å². The standard InChI is InChI=1S/C21H21FN4O2/c1-2-27-16-3-4-19-13(6-16)5-14(11-28-19)21-25-18-8-12(15-9-23-24-10-15)7-17(22)20(18)26-21/h3-4,6-9,14-15,24H,2,5,10-11H2,1H3,(H,25,26). The first-order valence-electron chi connectivity index (χ1n) is 9.55. The third-order valence-corrected chi connectivity index (χ3v) is 5.31. The number of imidazole rings is 1. The molecule has 3 heterocycles. The maximum atomic E-state index is 14.7. The Morgan fingerprint density at radius 1 is 1.29 bits per heavy atom. The molecule has 0 bridgehead atoms. The highest BCUT2D eigenvalue weighted by Crippen LogP contribution is 2.35. The van der Waals surface area contributed by atoms with Crippen LogP contribution in [0.15, 0.2) is 35.4 Å². The fourth-order valence-electron chi connectivity index (χ4n) is 3.87. The average molecular weight is 380 g/mol. The van der Waals surface area contributed by atoms with Crippen LogP contribution in [0, 0.1) is 5.82 Å². The number of halogens is 1. The number of hydrazone groups is 1. The number of nitrogens with zero attached hydrogens (tertiary/aromatic N) is 2. The van der Waals surface area contributed by atoms with E-state index in [0.29, 0.717) is 30.8 Å². The number of fused-ring (bicyclic) bond motifs is 2. The molecule has 2 aromatic carbocycles. The van der Waals surface area contributed by atoms with Gasteiger partial charge in [-0.25, -0.2) is 9.37 Å². The van der Waals surface area contributed by atoms with E-state index < -0.39 is 0 Å². The maximum Gasteiger partial charge on any atom is 0.149 e. The minimum absolute atomic E-state index is 0.0364. The van der Waals surface area contributed by atoms with Gasteiger partial charge in [0, 0.05) is 18.7 Å². The van der Waals surface area contributed by atoms with Crippen LogP contribution in [0.4, 0.5) is 4.39 Å². The van der Waals surface area contributed by atoms with Gasteiger partial charge in [-0.1, -0.05) is 0 Å². The Morgan fingerprint density at radius 2 is 2.21 bits per heavy atom. The highest BCUT2D eigenvalue weighted by atomic mass is 19.1. The first-order valence-corrected chi connectivity index (χ1v) is 9.55. The quantitative estimate of drug-likeness (QED) is 0.727. The Labute approximate surface area is 161 Å². The maximum absolute atomic E-state index is 14.7. The molecule has 0 saturated carbocycles. The minimum Gasteiger partial charge on any atom is -0.494 e. The third-order valence-electron chi connectivity index (χ3n) is 5.31. The van der Waals surface area contributed by atoms with Gasteiger partial charge in [-0.15, -0.1) is 0 Å². The highest BCUT2D eigenvalue weighted by molar-refractivity contribution is 5.79. The second-order valence-corrected chi connectivity index (χ2v) is 7.18. The van der Waals surface area contributed by atoms with E-state index in [-0.39, 0.29) is 17.7 Å². The number of aromatic amines is 1. The van der Waals surface area contributed by atoms with Crippen molar-refractivity contribution in [3.05, 3.63) is 53.1 Å². The number of rotatable bonds is 4. The van der Waals surface area contributed by atoms with Crippen LogP contribution in [-0.2, 0) is 6.42 Å². The van der Waals surface area contributed by atoms with Crippen LogP contribution in [-0.4, -0.2) is 35.9 Å². The van der Waals surface area contributed by atoms with Gasteiger partial charge in [0.15, 0.2) is 0 Å². The molecule has 0 saturated heterocycles. The fourth-order valence-corrected chi connectivity index (χ4v) is 3.87. The zero-order chi connectivity index (χ0) is 19.1. The van der Waals surface area contributed by atoms with Crippen molar-refractivity contribution in [3.63, 3.8) is 0 Å². The van der Waals surface area contributed by atoms with E-state index in [4.69, 9.17) is 9.47 Å². The van der Waals surface area contributed by atoms with Gasteiger partial charge in [-0.05, 0) is 54.8 Å². The van der Waals surface area contributed by atoms with Crippen molar-refractivity contribution in [3.8, 4) is 11.5 Å². The predicted octanol–water partition coefficient (Wildman–Crippen LogP) is 3.49. The lowest BCUT2D eigenvalue weighted by Crippen LogP contribution is -2.20. The van der Waals surface area contributed by atoms with E-state index in [0.717, 1.165) is 34.9 Å². The van der Waals surface area contributed by atoms with Crippen molar-refractivity contribution in [1.82, 2.24) is 15.4 Å². The van der Waals surface area contributed by atoms with Gasteiger partial charge in [0.1, 0.15) is 28.7 Å². The monoisotopic (exact) mass is 380 g/mol. The van der Waals surface area contributed by atoms with Crippen molar-refractivity contribution < 1.29 is 13.9 Å². The van der Waals surface area contributed by atoms with E-state index in [1.165, 1.54) is 0 Å². The molecule has 2 aliphatic heterocycles. The molecule has 2 unspecified atom stereocenters. The van der Waals surface area contributed by atoms with Crippen LogP contribution >= 0.6 is 0 Å². The molecule has 0 fully saturated rings. The van der Waals surface area contributed by atoms with Gasteiger partial charge in [0.05, 0.1) is 24.6 Å². The van der Waals surface area contributed by atoms with Crippen molar-refractivity contribution in [2.24, 2.45) is 5.10 Å². The molecule has 0 spiro atoms. The molecule has 1 aromatic heterocycles. The van der Waals surface area contributed by atoms with Crippen molar-refractivity contribution in [1.29, 1.82) is 0 Å². The number of hydrogen-bond donors (Lipinski definition) is 2. The number of aromatic nitrogens is 2. The summed E-state index contributed by atoms with van der Waals surface area (Å²) in [4.78, 5) is 7.86. The number of ether oxygens (including phenoxy) is 2. The molecule has 0 aliphatic carbocycles. The van der Waals surface area contributed by atoms with Crippen LogP contribution in [0.25, 0.3) is 11.0 Å². The zero-order valence-electron chi connectivity index (χ0n) is 15.5. The first kappa shape index (κ1) is 17.0. The van der Waals surface area contributed by atoms with Gasteiger partial charge in [0.25, 0.3) is 0 Å². The number of benzene rings is 2. The van der Waals surface area contributed by atoms with Gasteiger partial charge < -0.3 is 19.9 Å². The molecule has 0 amide bonds. The molecule has 28 heavy (non-hydrogen) atoms. The number of hydrogen-bond acceptors (Lipinski definition) is 5. The van der Waals surface area contributed by atoms with E-state index >= 15 is 0 Å². The largest absolute Gasteiger partial charge is 0.494 e. The Morgan fingerprint density at radius 3 is 3.04 bits per heavy atom. The van der Waals surface area contributed by atoms with Crippen LogP contribution < -0.4 is 14.9 Å². The predicted molar refractivity (Wildman–Crippen MR) is 105 cm³/mol. The molecule has 6 nitrogen and oxygen atoms in total.